The quantitative estimate of drug-likeness (QED) is 0.502. The number of carbonyl (C=O) groups excluding carboxylic acids is 3. The first-order chi connectivity index (χ1) is 18.1. The zero-order chi connectivity index (χ0) is 27.4. The van der Waals surface area contributed by atoms with E-state index in [9.17, 15) is 24.0 Å². The predicted molar refractivity (Wildman–Crippen MR) is 141 cm³/mol. The van der Waals surface area contributed by atoms with Crippen molar-refractivity contribution in [3.63, 3.8) is 0 Å². The molecule has 1 spiro atoms. The number of hydrogen-bond donors (Lipinski definition) is 2. The van der Waals surface area contributed by atoms with Crippen molar-refractivity contribution < 1.29 is 18.8 Å². The molecule has 2 aliphatic heterocycles. The lowest BCUT2D eigenvalue weighted by molar-refractivity contribution is -0.136. The summed E-state index contributed by atoms with van der Waals surface area (Å²) in [7, 11) is 1.51. The molecule has 3 amide bonds. The minimum absolute atomic E-state index is 0.0377. The highest BCUT2D eigenvalue weighted by atomic mass is 35.5. The molecule has 0 aliphatic carbocycles. The minimum atomic E-state index is -1.03. The number of likely N-dealkylation sites (tertiary alicyclic amines) is 1. The molecule has 3 heterocycles. The van der Waals surface area contributed by atoms with Gasteiger partial charge in [-0.1, -0.05) is 43.6 Å². The van der Waals surface area contributed by atoms with Crippen LogP contribution in [-0.4, -0.2) is 58.2 Å². The summed E-state index contributed by atoms with van der Waals surface area (Å²) < 4.78 is 13.8. The van der Waals surface area contributed by atoms with Crippen molar-refractivity contribution in [2.75, 3.05) is 18.9 Å². The number of fused-ring (bicyclic) bond motifs is 3. The highest BCUT2D eigenvalue weighted by Crippen LogP contribution is 2.46. The highest BCUT2D eigenvalue weighted by molar-refractivity contribution is 6.38. The topological polar surface area (TPSA) is 109 Å². The Hall–Kier alpha value is -3.90. The number of rotatable bonds is 5. The number of aromatic amines is 1. The number of benzene rings is 2. The van der Waals surface area contributed by atoms with Crippen molar-refractivity contribution in [3.8, 4) is 6.07 Å². The molecule has 38 heavy (non-hydrogen) atoms. The molecule has 0 saturated carbocycles. The number of aromatic nitrogens is 1. The summed E-state index contributed by atoms with van der Waals surface area (Å²) in [5.74, 6) is -1.62. The van der Waals surface area contributed by atoms with Gasteiger partial charge in [-0.15, -0.1) is 0 Å². The van der Waals surface area contributed by atoms with Crippen LogP contribution in [0.15, 0.2) is 42.5 Å². The molecule has 8 nitrogen and oxygen atoms in total. The van der Waals surface area contributed by atoms with Gasteiger partial charge in [0.15, 0.2) is 0 Å². The predicted octanol–water partition coefficient (Wildman–Crippen LogP) is 4.46. The smallest absolute Gasteiger partial charge is 0.272 e. The van der Waals surface area contributed by atoms with Gasteiger partial charge >= 0.3 is 0 Å². The zero-order valence-electron chi connectivity index (χ0n) is 21.2. The number of H-pyrrole nitrogens is 1. The number of amides is 3. The van der Waals surface area contributed by atoms with Gasteiger partial charge in [0, 0.05) is 36.6 Å². The van der Waals surface area contributed by atoms with Crippen LogP contribution in [0.2, 0.25) is 5.02 Å². The maximum absolute atomic E-state index is 14.0. The highest BCUT2D eigenvalue weighted by Gasteiger charge is 2.56. The van der Waals surface area contributed by atoms with Crippen LogP contribution in [0.4, 0.5) is 10.1 Å². The number of anilines is 1. The monoisotopic (exact) mass is 535 g/mol. The number of para-hydroxylation sites is 1. The summed E-state index contributed by atoms with van der Waals surface area (Å²) >= 11 is 6.45. The first-order valence-corrected chi connectivity index (χ1v) is 12.8. The maximum atomic E-state index is 14.0. The molecule has 1 aromatic heterocycles. The Morgan fingerprint density at radius 1 is 1.29 bits per heavy atom. The summed E-state index contributed by atoms with van der Waals surface area (Å²) in [4.78, 5) is 46.5. The molecule has 1 unspecified atom stereocenters. The van der Waals surface area contributed by atoms with E-state index < -0.39 is 35.1 Å². The van der Waals surface area contributed by atoms with Crippen LogP contribution in [0.25, 0.3) is 10.9 Å². The van der Waals surface area contributed by atoms with Gasteiger partial charge in [0.1, 0.15) is 23.6 Å². The summed E-state index contributed by atoms with van der Waals surface area (Å²) in [6, 6.07) is 11.8. The molecule has 10 heteroatoms. The summed E-state index contributed by atoms with van der Waals surface area (Å²) in [6.07, 6.45) is 0.502. The van der Waals surface area contributed by atoms with Crippen molar-refractivity contribution in [1.82, 2.24) is 14.8 Å². The largest absolute Gasteiger partial charge is 0.349 e. The molecule has 2 aromatic carbocycles. The van der Waals surface area contributed by atoms with Crippen LogP contribution in [0.3, 0.4) is 0 Å². The third kappa shape index (κ3) is 4.00. The lowest BCUT2D eigenvalue weighted by Gasteiger charge is -2.33. The van der Waals surface area contributed by atoms with E-state index in [1.165, 1.54) is 35.0 Å². The molecule has 2 N–H and O–H groups in total. The third-order valence-electron chi connectivity index (χ3n) is 7.59. The molecule has 0 radical (unpaired) electrons. The number of carbonyl (C=O) groups is 3. The Labute approximate surface area is 224 Å². The number of likely N-dealkylation sites (N-methyl/N-ethyl adjacent to an activating group) is 1. The first-order valence-electron chi connectivity index (χ1n) is 12.4. The van der Waals surface area contributed by atoms with E-state index in [0.717, 1.165) is 5.56 Å². The van der Waals surface area contributed by atoms with Gasteiger partial charge in [0.05, 0.1) is 16.5 Å². The molecule has 3 aromatic rings. The number of nitrogens with zero attached hydrogens (tertiary/aromatic N) is 3. The Morgan fingerprint density at radius 2 is 2.03 bits per heavy atom. The molecular formula is C28H27ClFN5O3. The fraction of sp³-hybridized carbons (Fsp3) is 0.357. The number of nitriles is 1. The van der Waals surface area contributed by atoms with Crippen LogP contribution in [0.5, 0.6) is 0 Å². The summed E-state index contributed by atoms with van der Waals surface area (Å²) in [5.41, 5.74) is 0.969. The van der Waals surface area contributed by atoms with Crippen molar-refractivity contribution in [2.24, 2.45) is 5.92 Å². The molecule has 5 rings (SSSR count). The Morgan fingerprint density at radius 3 is 2.74 bits per heavy atom. The van der Waals surface area contributed by atoms with Gasteiger partial charge in [-0.05, 0) is 42.2 Å². The minimum Gasteiger partial charge on any atom is -0.349 e. The van der Waals surface area contributed by atoms with Gasteiger partial charge in [0.25, 0.3) is 5.91 Å². The second kappa shape index (κ2) is 9.44. The van der Waals surface area contributed by atoms with Gasteiger partial charge in [0.2, 0.25) is 11.8 Å². The molecule has 2 aliphatic rings. The van der Waals surface area contributed by atoms with E-state index in [1.54, 1.807) is 6.07 Å². The fourth-order valence-electron chi connectivity index (χ4n) is 5.65. The second-order valence-corrected chi connectivity index (χ2v) is 10.8. The summed E-state index contributed by atoms with van der Waals surface area (Å²) in [6.45, 7) is 3.91. The standard InChI is InChI=1S/C28H27ClFN5O3/c1-15(2)10-22(34(3)26(37)24-23(29)18-11-16(30)8-9-20(18)32-24)25(36)35-14-28(12-17(35)13-31)19-6-4-5-7-21(19)33-27(28)38/h4-9,11,15,17,22,32H,10,12,14H2,1-3H3,(H,33,38)/t17?,22-,28-/m0/s1. The maximum Gasteiger partial charge on any atom is 0.272 e. The molecule has 1 saturated heterocycles. The molecule has 3 atom stereocenters. The van der Waals surface area contributed by atoms with E-state index >= 15 is 0 Å². The van der Waals surface area contributed by atoms with Crippen molar-refractivity contribution in [1.29, 1.82) is 5.26 Å². The zero-order valence-corrected chi connectivity index (χ0v) is 22.0. The average Bonchev–Trinajstić information content (AvgIpc) is 3.53. The number of halogens is 2. The van der Waals surface area contributed by atoms with Gasteiger partial charge < -0.3 is 20.1 Å². The van der Waals surface area contributed by atoms with E-state index in [-0.39, 0.29) is 35.5 Å². The van der Waals surface area contributed by atoms with Gasteiger partial charge in [-0.3, -0.25) is 14.4 Å². The molecular weight excluding hydrogens is 509 g/mol. The Bertz CT molecular complexity index is 1510. The molecule has 1 fully saturated rings. The van der Waals surface area contributed by atoms with Crippen LogP contribution in [0.1, 0.15) is 42.7 Å². The van der Waals surface area contributed by atoms with Crippen LogP contribution in [0, 0.1) is 23.1 Å². The van der Waals surface area contributed by atoms with Crippen LogP contribution in [-0.2, 0) is 15.0 Å². The second-order valence-electron chi connectivity index (χ2n) is 10.5. The van der Waals surface area contributed by atoms with E-state index in [0.29, 0.717) is 23.0 Å². The van der Waals surface area contributed by atoms with E-state index in [4.69, 9.17) is 11.6 Å². The molecule has 0 bridgehead atoms. The van der Waals surface area contributed by atoms with Crippen LogP contribution < -0.4 is 5.32 Å². The lowest BCUT2D eigenvalue weighted by atomic mass is 9.80. The average molecular weight is 536 g/mol. The van der Waals surface area contributed by atoms with Gasteiger partial charge in [-0.25, -0.2) is 4.39 Å². The lowest BCUT2D eigenvalue weighted by Crippen LogP contribution is -2.52. The van der Waals surface area contributed by atoms with Crippen LogP contribution >= 0.6 is 11.6 Å². The Kier molecular flexibility index (Phi) is 6.40. The number of nitrogens with one attached hydrogen (secondary N) is 2. The fourth-order valence-corrected chi connectivity index (χ4v) is 5.93. The Balaban J connectivity index is 1.48. The molecule has 196 valence electrons. The SMILES string of the molecule is CC(C)C[C@@H](C(=O)N1C[C@]2(CC1C#N)C(=O)Nc1ccccc12)N(C)C(=O)c1[nH]c2ccc(F)cc2c1Cl. The summed E-state index contributed by atoms with van der Waals surface area (Å²) in [5, 5.41) is 13.3. The van der Waals surface area contributed by atoms with Crippen molar-refractivity contribution >= 4 is 45.9 Å². The normalized spacial score (nSPS) is 21.0. The number of hydrogen-bond acceptors (Lipinski definition) is 4. The van der Waals surface area contributed by atoms with E-state index in [1.807, 2.05) is 32.0 Å². The van der Waals surface area contributed by atoms with Crippen molar-refractivity contribution in [3.05, 3.63) is 64.6 Å². The van der Waals surface area contributed by atoms with Crippen molar-refractivity contribution in [2.45, 2.75) is 44.2 Å². The van der Waals surface area contributed by atoms with E-state index in [2.05, 4.69) is 16.4 Å². The van der Waals surface area contributed by atoms with Gasteiger partial charge in [-0.2, -0.15) is 5.26 Å². The third-order valence-corrected chi connectivity index (χ3v) is 7.99. The first kappa shape index (κ1) is 25.7.